The SMILES string of the molecule is CCCCCC(=O)O[n+]1ccccc1. The number of aromatic nitrogens is 1. The first-order valence-electron chi connectivity index (χ1n) is 5.00. The number of carbonyl (C=O) groups is 1. The minimum absolute atomic E-state index is 0.172. The highest BCUT2D eigenvalue weighted by atomic mass is 16.7. The number of unbranched alkanes of at least 4 members (excludes halogenated alkanes) is 2. The van der Waals surface area contributed by atoms with E-state index in [4.69, 9.17) is 4.84 Å². The summed E-state index contributed by atoms with van der Waals surface area (Å²) in [5.74, 6) is -0.172. The average molecular weight is 194 g/mol. The van der Waals surface area contributed by atoms with Crippen LogP contribution in [0.4, 0.5) is 0 Å². The van der Waals surface area contributed by atoms with Crippen LogP contribution in [0.1, 0.15) is 32.6 Å². The predicted molar refractivity (Wildman–Crippen MR) is 52.4 cm³/mol. The number of hydrogen-bond donors (Lipinski definition) is 0. The van der Waals surface area contributed by atoms with E-state index in [0.29, 0.717) is 6.42 Å². The second kappa shape index (κ2) is 6.13. The summed E-state index contributed by atoms with van der Waals surface area (Å²) >= 11 is 0. The van der Waals surface area contributed by atoms with Crippen LogP contribution >= 0.6 is 0 Å². The molecule has 0 aromatic carbocycles. The van der Waals surface area contributed by atoms with Crippen molar-refractivity contribution in [1.29, 1.82) is 0 Å². The molecule has 1 aromatic rings. The molecular weight excluding hydrogens is 178 g/mol. The number of nitrogens with zero attached hydrogens (tertiary/aromatic N) is 1. The Kier molecular flexibility index (Phi) is 4.69. The van der Waals surface area contributed by atoms with E-state index >= 15 is 0 Å². The third-order valence-electron chi connectivity index (χ3n) is 1.88. The molecule has 76 valence electrons. The van der Waals surface area contributed by atoms with Gasteiger partial charge in [0.1, 0.15) is 0 Å². The monoisotopic (exact) mass is 194 g/mol. The molecule has 0 atom stereocenters. The number of rotatable bonds is 5. The lowest BCUT2D eigenvalue weighted by Crippen LogP contribution is -2.44. The van der Waals surface area contributed by atoms with Crippen molar-refractivity contribution < 1.29 is 14.4 Å². The number of carbonyl (C=O) groups excluding carboxylic acids is 1. The van der Waals surface area contributed by atoms with E-state index in [-0.39, 0.29) is 5.97 Å². The first-order chi connectivity index (χ1) is 6.83. The maximum Gasteiger partial charge on any atom is 0.380 e. The molecule has 0 N–H and O–H groups in total. The molecule has 0 radical (unpaired) electrons. The van der Waals surface area contributed by atoms with Gasteiger partial charge in [-0.15, -0.1) is 0 Å². The van der Waals surface area contributed by atoms with Crippen LogP contribution in [-0.4, -0.2) is 5.97 Å². The number of hydrogen-bond acceptors (Lipinski definition) is 2. The zero-order chi connectivity index (χ0) is 10.2. The average Bonchev–Trinajstić information content (AvgIpc) is 2.20. The molecule has 0 fully saturated rings. The second-order valence-corrected chi connectivity index (χ2v) is 3.16. The van der Waals surface area contributed by atoms with Gasteiger partial charge in [0.15, 0.2) is 0 Å². The van der Waals surface area contributed by atoms with Crippen LogP contribution in [0, 0.1) is 0 Å². The van der Waals surface area contributed by atoms with Gasteiger partial charge in [-0.05, 0) is 6.42 Å². The van der Waals surface area contributed by atoms with Crippen molar-refractivity contribution in [2.45, 2.75) is 32.6 Å². The van der Waals surface area contributed by atoms with E-state index in [1.807, 2.05) is 18.2 Å². The van der Waals surface area contributed by atoms with Crippen molar-refractivity contribution in [2.24, 2.45) is 0 Å². The molecule has 0 saturated heterocycles. The van der Waals surface area contributed by atoms with Crippen molar-refractivity contribution in [2.75, 3.05) is 0 Å². The fourth-order valence-corrected chi connectivity index (χ4v) is 1.13. The third kappa shape index (κ3) is 4.03. The molecule has 0 amide bonds. The first kappa shape index (κ1) is 10.7. The minimum Gasteiger partial charge on any atom is -0.245 e. The van der Waals surface area contributed by atoms with Gasteiger partial charge in [0, 0.05) is 16.9 Å². The van der Waals surface area contributed by atoms with Gasteiger partial charge in [-0.25, -0.2) is 4.79 Å². The Hall–Kier alpha value is -1.38. The van der Waals surface area contributed by atoms with Gasteiger partial charge in [-0.1, -0.05) is 25.8 Å². The highest BCUT2D eigenvalue weighted by Gasteiger charge is 2.08. The van der Waals surface area contributed by atoms with Crippen LogP contribution in [0.3, 0.4) is 0 Å². The maximum atomic E-state index is 11.2. The van der Waals surface area contributed by atoms with Gasteiger partial charge in [-0.3, -0.25) is 0 Å². The summed E-state index contributed by atoms with van der Waals surface area (Å²) in [5, 5.41) is 0. The Morgan fingerprint density at radius 2 is 1.93 bits per heavy atom. The zero-order valence-electron chi connectivity index (χ0n) is 8.48. The molecule has 1 heterocycles. The minimum atomic E-state index is -0.172. The quantitative estimate of drug-likeness (QED) is 0.525. The highest BCUT2D eigenvalue weighted by molar-refractivity contribution is 5.68. The smallest absolute Gasteiger partial charge is 0.245 e. The van der Waals surface area contributed by atoms with E-state index in [2.05, 4.69) is 6.92 Å². The molecule has 0 bridgehead atoms. The lowest BCUT2D eigenvalue weighted by atomic mass is 10.2. The van der Waals surface area contributed by atoms with E-state index in [1.54, 1.807) is 12.4 Å². The normalized spacial score (nSPS) is 9.79. The Balaban J connectivity index is 2.27. The Bertz CT molecular complexity index is 272. The summed E-state index contributed by atoms with van der Waals surface area (Å²) in [7, 11) is 0. The lowest BCUT2D eigenvalue weighted by molar-refractivity contribution is -0.869. The summed E-state index contributed by atoms with van der Waals surface area (Å²) in [6, 6.07) is 5.51. The van der Waals surface area contributed by atoms with E-state index < -0.39 is 0 Å². The van der Waals surface area contributed by atoms with Crippen molar-refractivity contribution in [3.63, 3.8) is 0 Å². The Labute approximate surface area is 84.3 Å². The highest BCUT2D eigenvalue weighted by Crippen LogP contribution is 1.98. The molecule has 14 heavy (non-hydrogen) atoms. The molecule has 0 aliphatic heterocycles. The Morgan fingerprint density at radius 1 is 1.21 bits per heavy atom. The largest absolute Gasteiger partial charge is 0.380 e. The van der Waals surface area contributed by atoms with Crippen LogP contribution in [0.2, 0.25) is 0 Å². The molecular formula is C11H16NO2+. The van der Waals surface area contributed by atoms with Gasteiger partial charge >= 0.3 is 5.97 Å². The van der Waals surface area contributed by atoms with Crippen LogP contribution in [-0.2, 0) is 4.79 Å². The van der Waals surface area contributed by atoms with Crippen LogP contribution in [0.15, 0.2) is 30.6 Å². The van der Waals surface area contributed by atoms with E-state index in [1.165, 1.54) is 4.73 Å². The van der Waals surface area contributed by atoms with E-state index in [9.17, 15) is 4.79 Å². The van der Waals surface area contributed by atoms with Crippen molar-refractivity contribution in [3.8, 4) is 0 Å². The lowest BCUT2D eigenvalue weighted by Gasteiger charge is -1.95. The van der Waals surface area contributed by atoms with Gasteiger partial charge in [0.25, 0.3) is 0 Å². The molecule has 1 rings (SSSR count). The summed E-state index contributed by atoms with van der Waals surface area (Å²) in [6.07, 6.45) is 7.01. The summed E-state index contributed by atoms with van der Waals surface area (Å²) < 4.78 is 1.42. The third-order valence-corrected chi connectivity index (χ3v) is 1.88. The van der Waals surface area contributed by atoms with Crippen LogP contribution in [0.25, 0.3) is 0 Å². The zero-order valence-corrected chi connectivity index (χ0v) is 8.48. The molecule has 0 aliphatic rings. The van der Waals surface area contributed by atoms with Crippen molar-refractivity contribution in [1.82, 2.24) is 0 Å². The van der Waals surface area contributed by atoms with Crippen LogP contribution < -0.4 is 9.57 Å². The summed E-state index contributed by atoms with van der Waals surface area (Å²) in [5.41, 5.74) is 0. The Morgan fingerprint density at radius 3 is 2.57 bits per heavy atom. The molecule has 0 saturated carbocycles. The van der Waals surface area contributed by atoms with Gasteiger partial charge in [0.05, 0.1) is 6.42 Å². The molecule has 1 aromatic heterocycles. The molecule has 0 unspecified atom stereocenters. The fraction of sp³-hybridized carbons (Fsp3) is 0.455. The van der Waals surface area contributed by atoms with Crippen LogP contribution in [0.5, 0.6) is 0 Å². The summed E-state index contributed by atoms with van der Waals surface area (Å²) in [6.45, 7) is 2.11. The van der Waals surface area contributed by atoms with Gasteiger partial charge in [0.2, 0.25) is 12.4 Å². The molecule has 0 spiro atoms. The van der Waals surface area contributed by atoms with E-state index in [0.717, 1.165) is 19.3 Å². The fourth-order valence-electron chi connectivity index (χ4n) is 1.13. The standard InChI is InChI=1S/C11H16NO2/c1-2-3-5-8-11(13)14-12-9-6-4-7-10-12/h4,6-7,9-10H,2-3,5,8H2,1H3/q+1. The van der Waals surface area contributed by atoms with Crippen molar-refractivity contribution in [3.05, 3.63) is 30.6 Å². The molecule has 0 aliphatic carbocycles. The summed E-state index contributed by atoms with van der Waals surface area (Å²) in [4.78, 5) is 16.3. The maximum absolute atomic E-state index is 11.2. The number of pyridine rings is 1. The van der Waals surface area contributed by atoms with Gasteiger partial charge < -0.3 is 0 Å². The topological polar surface area (TPSA) is 30.2 Å². The van der Waals surface area contributed by atoms with Gasteiger partial charge in [-0.2, -0.15) is 4.84 Å². The molecule has 3 nitrogen and oxygen atoms in total. The predicted octanol–water partition coefficient (Wildman–Crippen LogP) is 1.51. The first-order valence-corrected chi connectivity index (χ1v) is 5.00. The van der Waals surface area contributed by atoms with Crippen molar-refractivity contribution >= 4 is 5.97 Å². The molecule has 3 heteroatoms. The second-order valence-electron chi connectivity index (χ2n) is 3.16.